The molecule has 0 atom stereocenters. The summed E-state index contributed by atoms with van der Waals surface area (Å²) in [6, 6.07) is 13.0. The Morgan fingerprint density at radius 3 is 2.64 bits per heavy atom. The lowest BCUT2D eigenvalue weighted by atomic mass is 10.1. The molecule has 0 aromatic heterocycles. The number of benzene rings is 2. The minimum absolute atomic E-state index is 0. The molecule has 3 N–H and O–H groups in total. The van der Waals surface area contributed by atoms with Gasteiger partial charge in [0.25, 0.3) is 0 Å². The third kappa shape index (κ3) is 7.86. The zero-order valence-corrected chi connectivity index (χ0v) is 21.3. The maximum atomic E-state index is 12.3. The molecule has 0 heterocycles. The topological polar surface area (TPSA) is 84.0 Å². The lowest BCUT2D eigenvalue weighted by Crippen LogP contribution is -2.41. The van der Waals surface area contributed by atoms with Crippen molar-refractivity contribution in [3.63, 3.8) is 0 Å². The predicted molar refractivity (Wildman–Crippen MR) is 143 cm³/mol. The lowest BCUT2D eigenvalue weighted by Gasteiger charge is -2.20. The molecule has 1 saturated carbocycles. The Balaban J connectivity index is 0.00000385. The van der Waals surface area contributed by atoms with Gasteiger partial charge in [-0.2, -0.15) is 0 Å². The summed E-state index contributed by atoms with van der Waals surface area (Å²) in [5, 5.41) is 9.08. The molecular weight excluding hydrogens is 531 g/mol. The van der Waals surface area contributed by atoms with Gasteiger partial charge < -0.3 is 25.4 Å². The summed E-state index contributed by atoms with van der Waals surface area (Å²) in [7, 11) is 3.30. The SMILES string of the molecule is C#Cc1cccc(NC(=O)CNC(=NC)NCc2cccc(OC)c2OC2CCCC2)c1.I. The Morgan fingerprint density at radius 1 is 1.18 bits per heavy atom. The molecule has 0 spiro atoms. The molecule has 8 heteroatoms. The Hall–Kier alpha value is -2.93. The third-order valence-electron chi connectivity index (χ3n) is 5.27. The summed E-state index contributed by atoms with van der Waals surface area (Å²) < 4.78 is 11.8. The molecule has 33 heavy (non-hydrogen) atoms. The van der Waals surface area contributed by atoms with Crippen LogP contribution in [0.2, 0.25) is 0 Å². The number of halogens is 1. The van der Waals surface area contributed by atoms with Gasteiger partial charge in [0.05, 0.1) is 19.8 Å². The van der Waals surface area contributed by atoms with Crippen molar-refractivity contribution in [2.75, 3.05) is 26.0 Å². The number of para-hydroxylation sites is 1. The predicted octanol–water partition coefficient (Wildman–Crippen LogP) is 3.92. The van der Waals surface area contributed by atoms with Gasteiger partial charge in [-0.25, -0.2) is 0 Å². The molecule has 2 aromatic carbocycles. The molecule has 0 saturated heterocycles. The molecule has 1 aliphatic rings. The van der Waals surface area contributed by atoms with E-state index in [4.69, 9.17) is 15.9 Å². The van der Waals surface area contributed by atoms with Crippen LogP contribution in [0.3, 0.4) is 0 Å². The van der Waals surface area contributed by atoms with E-state index in [1.54, 1.807) is 32.4 Å². The van der Waals surface area contributed by atoms with Crippen molar-refractivity contribution >= 4 is 41.5 Å². The van der Waals surface area contributed by atoms with Crippen molar-refractivity contribution in [2.24, 2.45) is 4.99 Å². The van der Waals surface area contributed by atoms with Crippen LogP contribution < -0.4 is 25.4 Å². The monoisotopic (exact) mass is 562 g/mol. The fourth-order valence-electron chi connectivity index (χ4n) is 3.62. The first-order valence-corrected chi connectivity index (χ1v) is 10.8. The lowest BCUT2D eigenvalue weighted by molar-refractivity contribution is -0.115. The number of methoxy groups -OCH3 is 1. The zero-order valence-electron chi connectivity index (χ0n) is 19.0. The molecule has 176 valence electrons. The highest BCUT2D eigenvalue weighted by Crippen LogP contribution is 2.34. The van der Waals surface area contributed by atoms with E-state index in [2.05, 4.69) is 26.9 Å². The number of hydrogen-bond acceptors (Lipinski definition) is 4. The second-order valence-corrected chi connectivity index (χ2v) is 7.53. The summed E-state index contributed by atoms with van der Waals surface area (Å²) in [6.45, 7) is 0.536. The van der Waals surface area contributed by atoms with Gasteiger partial charge in [-0.1, -0.05) is 24.1 Å². The van der Waals surface area contributed by atoms with Crippen molar-refractivity contribution in [1.82, 2.24) is 10.6 Å². The Kier molecular flexibility index (Phi) is 10.8. The van der Waals surface area contributed by atoms with Gasteiger partial charge in [-0.3, -0.25) is 9.79 Å². The fourth-order valence-corrected chi connectivity index (χ4v) is 3.62. The van der Waals surface area contributed by atoms with Gasteiger partial charge in [0, 0.05) is 30.4 Å². The van der Waals surface area contributed by atoms with E-state index in [1.807, 2.05) is 24.3 Å². The van der Waals surface area contributed by atoms with Crippen molar-refractivity contribution in [3.8, 4) is 23.8 Å². The van der Waals surface area contributed by atoms with E-state index in [0.717, 1.165) is 24.2 Å². The molecule has 1 aliphatic carbocycles. The van der Waals surface area contributed by atoms with Crippen LogP contribution in [0.5, 0.6) is 11.5 Å². The highest BCUT2D eigenvalue weighted by molar-refractivity contribution is 14.0. The van der Waals surface area contributed by atoms with Gasteiger partial charge in [0.15, 0.2) is 17.5 Å². The van der Waals surface area contributed by atoms with E-state index in [0.29, 0.717) is 29.5 Å². The largest absolute Gasteiger partial charge is 0.493 e. The molecule has 1 fully saturated rings. The van der Waals surface area contributed by atoms with E-state index >= 15 is 0 Å². The molecule has 0 unspecified atom stereocenters. The quantitative estimate of drug-likeness (QED) is 0.197. The summed E-state index contributed by atoms with van der Waals surface area (Å²) in [5.74, 6) is 4.33. The molecule has 3 rings (SSSR count). The highest BCUT2D eigenvalue weighted by Gasteiger charge is 2.20. The van der Waals surface area contributed by atoms with E-state index < -0.39 is 0 Å². The normalized spacial score (nSPS) is 13.4. The van der Waals surface area contributed by atoms with Crippen molar-refractivity contribution in [1.29, 1.82) is 0 Å². The molecule has 0 radical (unpaired) electrons. The Bertz CT molecular complexity index is 997. The smallest absolute Gasteiger partial charge is 0.243 e. The Labute approximate surface area is 212 Å². The van der Waals surface area contributed by atoms with Crippen LogP contribution in [0.1, 0.15) is 36.8 Å². The summed E-state index contributed by atoms with van der Waals surface area (Å²) in [6.07, 6.45) is 10.1. The maximum absolute atomic E-state index is 12.3. The second kappa shape index (κ2) is 13.6. The number of hydrogen-bond donors (Lipinski definition) is 3. The average molecular weight is 562 g/mol. The number of rotatable bonds is 8. The molecule has 7 nitrogen and oxygen atoms in total. The average Bonchev–Trinajstić information content (AvgIpc) is 3.33. The van der Waals surface area contributed by atoms with Crippen LogP contribution in [0, 0.1) is 12.3 Å². The number of ether oxygens (including phenoxy) is 2. The number of carbonyl (C=O) groups is 1. The number of terminal acetylenes is 1. The van der Waals surface area contributed by atoms with Gasteiger partial charge >= 0.3 is 0 Å². The first kappa shape index (κ1) is 26.3. The number of guanidine groups is 1. The van der Waals surface area contributed by atoms with Crippen LogP contribution >= 0.6 is 24.0 Å². The number of nitrogens with one attached hydrogen (secondary N) is 3. The molecular formula is C25H31IN4O3. The standard InChI is InChI=1S/C25H30N4O3.HI/c1-4-18-9-7-11-20(15-18)29-23(30)17-28-25(26-2)27-16-19-10-8-14-22(31-3)24(19)32-21-12-5-6-13-21;/h1,7-11,14-15,21H,5-6,12-13,16-17H2,2-3H3,(H,29,30)(H2,26,27,28);1H. The molecule has 0 bridgehead atoms. The van der Waals surface area contributed by atoms with Crippen LogP contribution in [-0.4, -0.2) is 38.7 Å². The fraction of sp³-hybridized carbons (Fsp3) is 0.360. The second-order valence-electron chi connectivity index (χ2n) is 7.53. The first-order chi connectivity index (χ1) is 15.6. The van der Waals surface area contributed by atoms with Gasteiger partial charge in [0.2, 0.25) is 5.91 Å². The van der Waals surface area contributed by atoms with Gasteiger partial charge in [-0.15, -0.1) is 30.4 Å². The minimum atomic E-state index is -0.200. The third-order valence-corrected chi connectivity index (χ3v) is 5.27. The van der Waals surface area contributed by atoms with Crippen LogP contribution in [0.15, 0.2) is 47.5 Å². The number of nitrogens with zero attached hydrogens (tertiary/aromatic N) is 1. The minimum Gasteiger partial charge on any atom is -0.493 e. The summed E-state index contributed by atoms with van der Waals surface area (Å²) in [5.41, 5.74) is 2.33. The number of carbonyl (C=O) groups excluding carboxylic acids is 1. The Morgan fingerprint density at radius 2 is 1.94 bits per heavy atom. The summed E-state index contributed by atoms with van der Waals surface area (Å²) >= 11 is 0. The van der Waals surface area contributed by atoms with E-state index in [9.17, 15) is 4.79 Å². The maximum Gasteiger partial charge on any atom is 0.243 e. The number of anilines is 1. The summed E-state index contributed by atoms with van der Waals surface area (Å²) in [4.78, 5) is 16.5. The van der Waals surface area contributed by atoms with Crippen molar-refractivity contribution < 1.29 is 14.3 Å². The van der Waals surface area contributed by atoms with Crippen LogP contribution in [0.4, 0.5) is 5.69 Å². The van der Waals surface area contributed by atoms with Gasteiger partial charge in [0.1, 0.15) is 0 Å². The van der Waals surface area contributed by atoms with Crippen molar-refractivity contribution in [2.45, 2.75) is 38.3 Å². The number of amides is 1. The van der Waals surface area contributed by atoms with Crippen molar-refractivity contribution in [3.05, 3.63) is 53.6 Å². The van der Waals surface area contributed by atoms with Crippen LogP contribution in [0.25, 0.3) is 0 Å². The van der Waals surface area contributed by atoms with E-state index in [1.165, 1.54) is 12.8 Å². The first-order valence-electron chi connectivity index (χ1n) is 10.8. The molecule has 0 aliphatic heterocycles. The van der Waals surface area contributed by atoms with Gasteiger partial charge in [-0.05, 0) is 49.9 Å². The highest BCUT2D eigenvalue weighted by atomic mass is 127. The zero-order chi connectivity index (χ0) is 22.8. The molecule has 2 aromatic rings. The number of aliphatic imine (C=N–C) groups is 1. The van der Waals surface area contributed by atoms with E-state index in [-0.39, 0.29) is 42.5 Å². The molecule has 1 amide bonds. The van der Waals surface area contributed by atoms with Crippen LogP contribution in [-0.2, 0) is 11.3 Å².